The number of halogens is 1. The number of sulfone groups is 1. The summed E-state index contributed by atoms with van der Waals surface area (Å²) < 4.78 is 30.2. The quantitative estimate of drug-likeness (QED) is 0.480. The number of hydrogen-bond donors (Lipinski definition) is 1. The fourth-order valence-corrected chi connectivity index (χ4v) is 8.93. The van der Waals surface area contributed by atoms with Crippen molar-refractivity contribution in [2.75, 3.05) is 18.1 Å². The predicted octanol–water partition coefficient (Wildman–Crippen LogP) is 2.85. The Hall–Kier alpha value is -1.87. The van der Waals surface area contributed by atoms with E-state index in [2.05, 4.69) is 10.4 Å². The largest absolute Gasteiger partial charge is 0.452 e. The molecule has 1 atom stereocenters. The van der Waals surface area contributed by atoms with Crippen LogP contribution in [0.1, 0.15) is 62.2 Å². The first-order chi connectivity index (χ1) is 15.6. The van der Waals surface area contributed by atoms with Gasteiger partial charge < -0.3 is 10.1 Å². The normalized spacial score (nSPS) is 34.1. The minimum atomic E-state index is -3.07. The molecule has 0 radical (unpaired) electrons. The lowest BCUT2D eigenvalue weighted by atomic mass is 9.53. The molecule has 1 saturated heterocycles. The van der Waals surface area contributed by atoms with Gasteiger partial charge in [0.25, 0.3) is 5.91 Å². The Bertz CT molecular complexity index is 1070. The van der Waals surface area contributed by atoms with Crippen molar-refractivity contribution in [3.63, 3.8) is 0 Å². The van der Waals surface area contributed by atoms with E-state index in [1.54, 1.807) is 6.92 Å². The molecule has 4 saturated carbocycles. The number of nitrogens with one attached hydrogen (secondary N) is 1. The van der Waals surface area contributed by atoms with Gasteiger partial charge in [0, 0.05) is 17.2 Å². The summed E-state index contributed by atoms with van der Waals surface area (Å²) in [6, 6.07) is -0.302. The minimum Gasteiger partial charge on any atom is -0.452 e. The van der Waals surface area contributed by atoms with E-state index in [0.717, 1.165) is 37.0 Å². The zero-order chi connectivity index (χ0) is 23.4. The van der Waals surface area contributed by atoms with Crippen LogP contribution in [0.4, 0.5) is 0 Å². The number of hydrogen-bond acceptors (Lipinski definition) is 6. The number of esters is 1. The minimum absolute atomic E-state index is 0.0118. The topological polar surface area (TPSA) is 107 Å². The molecule has 10 heteroatoms. The van der Waals surface area contributed by atoms with E-state index in [-0.39, 0.29) is 35.6 Å². The molecule has 4 bridgehead atoms. The summed E-state index contributed by atoms with van der Waals surface area (Å²) >= 11 is 6.42. The van der Waals surface area contributed by atoms with Crippen LogP contribution in [-0.2, 0) is 24.2 Å². The lowest BCUT2D eigenvalue weighted by molar-refractivity contribution is -0.145. The third-order valence-electron chi connectivity index (χ3n) is 7.80. The first kappa shape index (κ1) is 22.9. The Labute approximate surface area is 199 Å². The highest BCUT2D eigenvalue weighted by molar-refractivity contribution is 7.91. The molecule has 180 valence electrons. The molecule has 4 aliphatic carbocycles. The third kappa shape index (κ3) is 4.71. The van der Waals surface area contributed by atoms with Crippen LogP contribution in [0.15, 0.2) is 6.08 Å². The molecule has 5 fully saturated rings. The van der Waals surface area contributed by atoms with E-state index in [1.165, 1.54) is 36.1 Å². The monoisotopic (exact) mass is 495 g/mol. The van der Waals surface area contributed by atoms with Crippen molar-refractivity contribution in [1.82, 2.24) is 15.1 Å². The Morgan fingerprint density at radius 1 is 1.21 bits per heavy atom. The number of aromatic nitrogens is 2. The van der Waals surface area contributed by atoms with Gasteiger partial charge in [-0.05, 0) is 75.7 Å². The molecule has 1 aliphatic heterocycles. The first-order valence-electron chi connectivity index (χ1n) is 11.7. The van der Waals surface area contributed by atoms with Crippen LogP contribution in [0.2, 0.25) is 5.15 Å². The zero-order valence-corrected chi connectivity index (χ0v) is 20.3. The van der Waals surface area contributed by atoms with Gasteiger partial charge in [0.2, 0.25) is 0 Å². The van der Waals surface area contributed by atoms with Crippen LogP contribution in [0.25, 0.3) is 6.08 Å². The Kier molecular flexibility index (Phi) is 5.84. The molecule has 5 aliphatic rings. The number of amides is 1. The maximum Gasteiger partial charge on any atom is 0.331 e. The second-order valence-electron chi connectivity index (χ2n) is 10.5. The highest BCUT2D eigenvalue weighted by Gasteiger charge is 2.51. The van der Waals surface area contributed by atoms with Crippen molar-refractivity contribution >= 4 is 39.4 Å². The average Bonchev–Trinajstić information content (AvgIpc) is 3.21. The van der Waals surface area contributed by atoms with Gasteiger partial charge in [-0.3, -0.25) is 4.79 Å². The second kappa shape index (κ2) is 8.41. The molecule has 1 N–H and O–H groups in total. The molecular weight excluding hydrogens is 466 g/mol. The molecule has 2 heterocycles. The third-order valence-corrected chi connectivity index (χ3v) is 9.93. The fourth-order valence-electron chi connectivity index (χ4n) is 6.86. The molecule has 1 unspecified atom stereocenters. The molecule has 1 aromatic rings. The van der Waals surface area contributed by atoms with Gasteiger partial charge in [-0.15, -0.1) is 0 Å². The highest BCUT2D eigenvalue weighted by atomic mass is 35.5. The fraction of sp³-hybridized carbons (Fsp3) is 0.696. The number of aryl methyl sites for hydroxylation is 1. The molecular formula is C23H30ClN3O5S. The average molecular weight is 496 g/mol. The van der Waals surface area contributed by atoms with E-state index in [4.69, 9.17) is 16.3 Å². The molecule has 0 spiro atoms. The molecule has 0 aromatic carbocycles. The number of nitrogens with zero attached hydrogens (tertiary/aromatic N) is 2. The van der Waals surface area contributed by atoms with Crippen molar-refractivity contribution in [2.24, 2.45) is 17.8 Å². The van der Waals surface area contributed by atoms with Crippen molar-refractivity contribution in [1.29, 1.82) is 0 Å². The second-order valence-corrected chi connectivity index (χ2v) is 13.1. The van der Waals surface area contributed by atoms with Gasteiger partial charge in [0.15, 0.2) is 16.4 Å². The van der Waals surface area contributed by atoms with Gasteiger partial charge in [-0.2, -0.15) is 5.10 Å². The molecule has 8 nitrogen and oxygen atoms in total. The van der Waals surface area contributed by atoms with E-state index in [0.29, 0.717) is 22.8 Å². The number of carbonyl (C=O) groups is 2. The number of carbonyl (C=O) groups excluding carboxylic acids is 2. The van der Waals surface area contributed by atoms with Crippen LogP contribution < -0.4 is 5.32 Å². The molecule has 1 amide bonds. The van der Waals surface area contributed by atoms with E-state index >= 15 is 0 Å². The smallest absolute Gasteiger partial charge is 0.331 e. The van der Waals surface area contributed by atoms with E-state index < -0.39 is 15.8 Å². The van der Waals surface area contributed by atoms with Crippen molar-refractivity contribution in [3.8, 4) is 0 Å². The SMILES string of the molecule is Cc1nn(C2CCS(=O)(=O)C2)c(Cl)c1C=CC(=O)OCC(=O)NC12CC3CC(CC(C3)C1)C2. The molecule has 1 aromatic heterocycles. The summed E-state index contributed by atoms with van der Waals surface area (Å²) in [6.07, 6.45) is 10.2. The summed E-state index contributed by atoms with van der Waals surface area (Å²) in [6.45, 7) is 1.44. The summed E-state index contributed by atoms with van der Waals surface area (Å²) in [5.74, 6) is 1.42. The lowest BCUT2D eigenvalue weighted by Gasteiger charge is -2.56. The van der Waals surface area contributed by atoms with Crippen molar-refractivity contribution in [2.45, 2.75) is 63.5 Å². The highest BCUT2D eigenvalue weighted by Crippen LogP contribution is 2.55. The molecule has 6 rings (SSSR count). The van der Waals surface area contributed by atoms with Crippen LogP contribution in [0.5, 0.6) is 0 Å². The van der Waals surface area contributed by atoms with Crippen LogP contribution in [-0.4, -0.2) is 53.7 Å². The van der Waals surface area contributed by atoms with Gasteiger partial charge in [-0.1, -0.05) is 11.6 Å². The zero-order valence-electron chi connectivity index (χ0n) is 18.8. The predicted molar refractivity (Wildman–Crippen MR) is 123 cm³/mol. The van der Waals surface area contributed by atoms with Gasteiger partial charge >= 0.3 is 5.97 Å². The summed E-state index contributed by atoms with van der Waals surface area (Å²) in [7, 11) is -3.07. The Morgan fingerprint density at radius 2 is 1.85 bits per heavy atom. The number of ether oxygens (including phenoxy) is 1. The maximum absolute atomic E-state index is 12.5. The molecule has 33 heavy (non-hydrogen) atoms. The van der Waals surface area contributed by atoms with Gasteiger partial charge in [-0.25, -0.2) is 17.9 Å². The summed E-state index contributed by atoms with van der Waals surface area (Å²) in [4.78, 5) is 24.7. The summed E-state index contributed by atoms with van der Waals surface area (Å²) in [5, 5.41) is 7.85. The van der Waals surface area contributed by atoms with E-state index in [9.17, 15) is 18.0 Å². The van der Waals surface area contributed by atoms with Crippen molar-refractivity contribution < 1.29 is 22.7 Å². The summed E-state index contributed by atoms with van der Waals surface area (Å²) in [5.41, 5.74) is 1.02. The first-order valence-corrected chi connectivity index (χ1v) is 13.9. The Morgan fingerprint density at radius 3 is 2.42 bits per heavy atom. The van der Waals surface area contributed by atoms with Crippen LogP contribution in [0.3, 0.4) is 0 Å². The number of rotatable bonds is 6. The lowest BCUT2D eigenvalue weighted by Crippen LogP contribution is -2.60. The standard InChI is InChI=1S/C23H30ClN3O5S/c1-14-19(22(24)27(26-14)18-4-5-33(30,31)13-18)2-3-21(29)32-12-20(28)25-23-9-15-6-16(10-23)8-17(7-15)11-23/h2-3,15-18H,4-13H2,1H3,(H,25,28). The van der Waals surface area contributed by atoms with Gasteiger partial charge in [0.1, 0.15) is 5.15 Å². The maximum atomic E-state index is 12.5. The van der Waals surface area contributed by atoms with Crippen LogP contribution in [0, 0.1) is 24.7 Å². The van der Waals surface area contributed by atoms with Crippen LogP contribution >= 0.6 is 11.6 Å². The van der Waals surface area contributed by atoms with Gasteiger partial charge in [0.05, 0.1) is 23.2 Å². The Balaban J connectivity index is 1.16. The van der Waals surface area contributed by atoms with E-state index in [1.807, 2.05) is 0 Å². The van der Waals surface area contributed by atoms with Crippen molar-refractivity contribution in [3.05, 3.63) is 22.5 Å².